The van der Waals surface area contributed by atoms with E-state index in [4.69, 9.17) is 14.5 Å². The van der Waals surface area contributed by atoms with Crippen LogP contribution in [0.2, 0.25) is 0 Å². The predicted molar refractivity (Wildman–Crippen MR) is 157 cm³/mol. The molecule has 11 heteroatoms. The Balaban J connectivity index is 1.35. The Bertz CT molecular complexity index is 1670. The van der Waals surface area contributed by atoms with E-state index in [0.717, 1.165) is 41.6 Å². The summed E-state index contributed by atoms with van der Waals surface area (Å²) in [6, 6.07) is 12.6. The van der Waals surface area contributed by atoms with E-state index in [1.165, 1.54) is 36.9 Å². The fraction of sp³-hybridized carbons (Fsp3) is 0.276. The number of benzene rings is 2. The molecular formula is C29H28N4O5S2. The molecule has 0 saturated heterocycles. The van der Waals surface area contributed by atoms with Crippen LogP contribution >= 0.6 is 23.1 Å². The molecular weight excluding hydrogens is 548 g/mol. The summed E-state index contributed by atoms with van der Waals surface area (Å²) >= 11 is 2.78. The number of carbonyl (C=O) groups is 2. The number of carbonyl (C=O) groups excluding carboxylic acids is 2. The molecule has 0 atom stereocenters. The molecule has 0 bridgehead atoms. The topological polar surface area (TPSA) is 112 Å². The molecule has 1 N–H and O–H groups in total. The number of thiophene rings is 1. The van der Waals surface area contributed by atoms with Gasteiger partial charge in [0.15, 0.2) is 16.7 Å². The van der Waals surface area contributed by atoms with Crippen molar-refractivity contribution in [3.63, 3.8) is 0 Å². The summed E-state index contributed by atoms with van der Waals surface area (Å²) in [7, 11) is 1.47. The molecule has 0 fully saturated rings. The molecule has 0 unspecified atom stereocenters. The number of amides is 1. The summed E-state index contributed by atoms with van der Waals surface area (Å²) in [6.45, 7) is 3.30. The molecule has 2 heterocycles. The summed E-state index contributed by atoms with van der Waals surface area (Å²) in [5, 5.41) is 5.20. The van der Waals surface area contributed by atoms with Crippen LogP contribution in [0.25, 0.3) is 15.9 Å². The van der Waals surface area contributed by atoms with Crippen LogP contribution in [0.3, 0.4) is 0 Å². The molecule has 2 aromatic heterocycles. The highest BCUT2D eigenvalue weighted by Gasteiger charge is 2.23. The smallest absolute Gasteiger partial charge is 0.308 e. The van der Waals surface area contributed by atoms with Gasteiger partial charge in [-0.15, -0.1) is 11.3 Å². The monoisotopic (exact) mass is 576 g/mol. The average molecular weight is 577 g/mol. The molecule has 9 nitrogen and oxygen atoms in total. The minimum Gasteiger partial charge on any atom is -0.493 e. The van der Waals surface area contributed by atoms with Crippen molar-refractivity contribution >= 4 is 51.4 Å². The molecule has 1 aliphatic carbocycles. The summed E-state index contributed by atoms with van der Waals surface area (Å²) in [5.74, 6) is -0.124. The van der Waals surface area contributed by atoms with Crippen molar-refractivity contribution in [2.45, 2.75) is 44.7 Å². The molecule has 0 radical (unpaired) electrons. The minimum absolute atomic E-state index is 0.0148. The number of aromatic nitrogens is 2. The van der Waals surface area contributed by atoms with E-state index in [0.29, 0.717) is 33.3 Å². The lowest BCUT2D eigenvalue weighted by atomic mass is 9.97. The van der Waals surface area contributed by atoms with Crippen LogP contribution in [0.1, 0.15) is 41.3 Å². The zero-order valence-corrected chi connectivity index (χ0v) is 24.0. The number of nitrogens with one attached hydrogen (secondary N) is 1. The standard InChI is InChI=1S/C29H28N4O5S2/c1-17-8-11-20(12-9-17)33-28(36)26-21-6-4-5-7-24(21)40-27(26)31-29(33)39-16-25(35)32-30-15-19-10-13-22(38-18(2)34)23(14-19)37-3/h8-15H,4-7,16H2,1-3H3,(H,32,35). The molecule has 5 rings (SSSR count). The van der Waals surface area contributed by atoms with Gasteiger partial charge in [-0.25, -0.2) is 10.4 Å². The van der Waals surface area contributed by atoms with Crippen LogP contribution in [0.15, 0.2) is 57.5 Å². The maximum atomic E-state index is 13.8. The third-order valence-electron chi connectivity index (χ3n) is 6.43. The maximum absolute atomic E-state index is 13.8. The molecule has 0 aliphatic heterocycles. The number of methoxy groups -OCH3 is 1. The van der Waals surface area contributed by atoms with Crippen LogP contribution < -0.4 is 20.5 Å². The van der Waals surface area contributed by atoms with Gasteiger partial charge in [0, 0.05) is 11.8 Å². The van der Waals surface area contributed by atoms with Crippen LogP contribution in [-0.4, -0.2) is 40.5 Å². The number of rotatable bonds is 8. The van der Waals surface area contributed by atoms with Crippen LogP contribution in [-0.2, 0) is 22.4 Å². The number of fused-ring (bicyclic) bond motifs is 3. The van der Waals surface area contributed by atoms with Crippen molar-refractivity contribution < 1.29 is 19.1 Å². The van der Waals surface area contributed by atoms with E-state index in [9.17, 15) is 14.4 Å². The lowest BCUT2D eigenvalue weighted by molar-refractivity contribution is -0.132. The van der Waals surface area contributed by atoms with Gasteiger partial charge in [0.05, 0.1) is 30.2 Å². The Morgan fingerprint density at radius 1 is 1.15 bits per heavy atom. The second kappa shape index (κ2) is 12.1. The van der Waals surface area contributed by atoms with E-state index in [1.54, 1.807) is 34.1 Å². The largest absolute Gasteiger partial charge is 0.493 e. The summed E-state index contributed by atoms with van der Waals surface area (Å²) in [6.07, 6.45) is 5.53. The minimum atomic E-state index is -0.454. The van der Waals surface area contributed by atoms with Gasteiger partial charge in [-0.1, -0.05) is 29.5 Å². The SMILES string of the molecule is COc1cc(C=NNC(=O)CSc2nc3sc4c(c3c(=O)n2-c2ccc(C)cc2)CCCC4)ccc1OC(C)=O. The Labute approximate surface area is 239 Å². The van der Waals surface area contributed by atoms with Crippen molar-refractivity contribution in [2.24, 2.45) is 5.10 Å². The lowest BCUT2D eigenvalue weighted by Crippen LogP contribution is -2.24. The van der Waals surface area contributed by atoms with E-state index < -0.39 is 5.97 Å². The Morgan fingerprint density at radius 2 is 1.93 bits per heavy atom. The number of esters is 1. The molecule has 0 spiro atoms. The average Bonchev–Trinajstić information content (AvgIpc) is 3.32. The number of thioether (sulfide) groups is 1. The molecule has 40 heavy (non-hydrogen) atoms. The number of hydrogen-bond donors (Lipinski definition) is 1. The van der Waals surface area contributed by atoms with Gasteiger partial charge in [-0.05, 0) is 74.1 Å². The van der Waals surface area contributed by atoms with Crippen LogP contribution in [0, 0.1) is 6.92 Å². The van der Waals surface area contributed by atoms with Gasteiger partial charge in [-0.2, -0.15) is 5.10 Å². The number of hydrazone groups is 1. The van der Waals surface area contributed by atoms with E-state index in [-0.39, 0.29) is 17.2 Å². The van der Waals surface area contributed by atoms with Gasteiger partial charge in [-0.3, -0.25) is 19.0 Å². The molecule has 0 saturated carbocycles. The number of aryl methyl sites for hydroxylation is 3. The first-order valence-corrected chi connectivity index (χ1v) is 14.6. The van der Waals surface area contributed by atoms with Gasteiger partial charge in [0.2, 0.25) is 0 Å². The number of ether oxygens (including phenoxy) is 2. The van der Waals surface area contributed by atoms with Gasteiger partial charge in [0.1, 0.15) is 4.83 Å². The quantitative estimate of drug-likeness (QED) is 0.0800. The summed E-state index contributed by atoms with van der Waals surface area (Å²) in [5.41, 5.74) is 5.99. The Hall–Kier alpha value is -3.96. The fourth-order valence-corrected chi connectivity index (χ4v) is 6.66. The van der Waals surface area contributed by atoms with Gasteiger partial charge in [0.25, 0.3) is 11.5 Å². The molecule has 206 valence electrons. The number of nitrogens with zero attached hydrogens (tertiary/aromatic N) is 3. The van der Waals surface area contributed by atoms with Crippen LogP contribution in [0.5, 0.6) is 11.5 Å². The van der Waals surface area contributed by atoms with Crippen molar-refractivity contribution in [3.8, 4) is 17.2 Å². The highest BCUT2D eigenvalue weighted by Crippen LogP contribution is 2.35. The second-order valence-corrected chi connectivity index (χ2v) is 11.4. The van der Waals surface area contributed by atoms with Crippen molar-refractivity contribution in [1.82, 2.24) is 15.0 Å². The first-order chi connectivity index (χ1) is 19.3. The van der Waals surface area contributed by atoms with Crippen molar-refractivity contribution in [1.29, 1.82) is 0 Å². The van der Waals surface area contributed by atoms with Crippen LogP contribution in [0.4, 0.5) is 0 Å². The third-order valence-corrected chi connectivity index (χ3v) is 8.55. The second-order valence-electron chi connectivity index (χ2n) is 9.35. The maximum Gasteiger partial charge on any atom is 0.308 e. The Morgan fingerprint density at radius 3 is 2.67 bits per heavy atom. The van der Waals surface area contributed by atoms with E-state index in [2.05, 4.69) is 10.5 Å². The van der Waals surface area contributed by atoms with Crippen molar-refractivity contribution in [2.75, 3.05) is 12.9 Å². The molecule has 2 aromatic carbocycles. The zero-order chi connectivity index (χ0) is 28.2. The zero-order valence-electron chi connectivity index (χ0n) is 22.4. The highest BCUT2D eigenvalue weighted by atomic mass is 32.2. The lowest BCUT2D eigenvalue weighted by Gasteiger charge is -2.13. The Kier molecular flexibility index (Phi) is 8.32. The molecule has 1 aliphatic rings. The molecule has 1 amide bonds. The number of hydrogen-bond acceptors (Lipinski definition) is 9. The van der Waals surface area contributed by atoms with E-state index in [1.807, 2.05) is 31.2 Å². The van der Waals surface area contributed by atoms with Gasteiger partial charge < -0.3 is 9.47 Å². The van der Waals surface area contributed by atoms with E-state index >= 15 is 0 Å². The first kappa shape index (κ1) is 27.6. The van der Waals surface area contributed by atoms with Crippen molar-refractivity contribution in [3.05, 3.63) is 74.4 Å². The molecule has 4 aromatic rings. The first-order valence-electron chi connectivity index (χ1n) is 12.8. The third kappa shape index (κ3) is 5.95. The highest BCUT2D eigenvalue weighted by molar-refractivity contribution is 7.99. The summed E-state index contributed by atoms with van der Waals surface area (Å²) in [4.78, 5) is 44.6. The predicted octanol–water partition coefficient (Wildman–Crippen LogP) is 4.81. The fourth-order valence-electron chi connectivity index (χ4n) is 4.55. The normalized spacial score (nSPS) is 12.9. The summed E-state index contributed by atoms with van der Waals surface area (Å²) < 4.78 is 12.0. The van der Waals surface area contributed by atoms with Gasteiger partial charge >= 0.3 is 5.97 Å².